The molecule has 9 nitrogen and oxygen atoms in total. The summed E-state index contributed by atoms with van der Waals surface area (Å²) in [5.74, 6) is 0.218. The summed E-state index contributed by atoms with van der Waals surface area (Å²) in [5.41, 5.74) is 4.45. The van der Waals surface area contributed by atoms with E-state index in [4.69, 9.17) is 0 Å². The number of tetrazole rings is 1. The smallest absolute Gasteiger partial charge is 0.267 e. The number of hydrogen-bond donors (Lipinski definition) is 1. The van der Waals surface area contributed by atoms with E-state index in [2.05, 4.69) is 47.8 Å². The van der Waals surface area contributed by atoms with Crippen LogP contribution in [-0.4, -0.2) is 41.3 Å². The topological polar surface area (TPSA) is 115 Å². The van der Waals surface area contributed by atoms with Crippen LogP contribution in [0.25, 0.3) is 22.5 Å². The minimum Gasteiger partial charge on any atom is -0.267 e. The van der Waals surface area contributed by atoms with E-state index < -0.39 is 0 Å². The molecule has 0 saturated heterocycles. The van der Waals surface area contributed by atoms with Crippen LogP contribution in [0.15, 0.2) is 78.0 Å². The molecule has 3 aromatic heterocycles. The third kappa shape index (κ3) is 4.57. The minimum atomic E-state index is -0.332. The zero-order chi connectivity index (χ0) is 23.3. The van der Waals surface area contributed by atoms with Gasteiger partial charge in [-0.3, -0.25) is 9.78 Å². The summed E-state index contributed by atoms with van der Waals surface area (Å²) in [5, 5.41) is 20.0. The number of hydrogen-bond acceptors (Lipinski definition) is 7. The highest BCUT2D eigenvalue weighted by Crippen LogP contribution is 2.29. The lowest BCUT2D eigenvalue weighted by Crippen LogP contribution is -2.19. The number of nitrogens with zero attached hydrogens (tertiary/aromatic N) is 7. The SMILES string of the molecule is CCc1nn(Cc2ccc(-c3ccccc3-c3nn[nH]n3)cc2)c(=NC(=O)c2cccnc2)s1. The highest BCUT2D eigenvalue weighted by Gasteiger charge is 2.12. The van der Waals surface area contributed by atoms with Crippen LogP contribution in [0.5, 0.6) is 0 Å². The molecular weight excluding hydrogens is 448 g/mol. The standard InChI is InChI=1S/C24H20N8OS/c1-2-21-29-32(24(34-21)26-23(33)18-6-5-13-25-14-18)15-16-9-11-17(12-10-16)19-7-3-4-8-20(19)22-27-30-31-28-22/h3-14H,2,15H2,1H3,(H,27,28,30,31). The molecule has 1 amide bonds. The number of aryl methyl sites for hydroxylation is 1. The van der Waals surface area contributed by atoms with Crippen molar-refractivity contribution in [2.24, 2.45) is 4.99 Å². The van der Waals surface area contributed by atoms with Crippen molar-refractivity contribution >= 4 is 17.2 Å². The van der Waals surface area contributed by atoms with Gasteiger partial charge in [0.15, 0.2) is 0 Å². The Kier molecular flexibility index (Phi) is 6.13. The molecule has 0 saturated carbocycles. The molecular formula is C24H20N8OS. The van der Waals surface area contributed by atoms with Crippen molar-refractivity contribution in [1.29, 1.82) is 0 Å². The fourth-order valence-corrected chi connectivity index (χ4v) is 4.33. The molecule has 168 valence electrons. The second kappa shape index (κ2) is 9.67. The minimum absolute atomic E-state index is 0.332. The molecule has 0 bridgehead atoms. The van der Waals surface area contributed by atoms with Crippen molar-refractivity contribution < 1.29 is 4.79 Å². The number of rotatable bonds is 6. The molecule has 0 atom stereocenters. The van der Waals surface area contributed by atoms with Crippen LogP contribution < -0.4 is 4.80 Å². The van der Waals surface area contributed by atoms with Crippen molar-refractivity contribution in [2.45, 2.75) is 19.9 Å². The molecule has 0 unspecified atom stereocenters. The summed E-state index contributed by atoms with van der Waals surface area (Å²) in [6.45, 7) is 2.54. The Hall–Kier alpha value is -4.31. The maximum atomic E-state index is 12.6. The summed E-state index contributed by atoms with van der Waals surface area (Å²) in [6.07, 6.45) is 3.92. The monoisotopic (exact) mass is 468 g/mol. The normalized spacial score (nSPS) is 11.6. The molecule has 0 aliphatic carbocycles. The highest BCUT2D eigenvalue weighted by molar-refractivity contribution is 7.08. The number of amides is 1. The zero-order valence-electron chi connectivity index (χ0n) is 18.3. The lowest BCUT2D eigenvalue weighted by Gasteiger charge is -2.08. The number of aromatic nitrogens is 7. The summed E-state index contributed by atoms with van der Waals surface area (Å²) in [7, 11) is 0. The van der Waals surface area contributed by atoms with Gasteiger partial charge in [-0.05, 0) is 40.5 Å². The van der Waals surface area contributed by atoms with Gasteiger partial charge in [0.05, 0.1) is 12.1 Å². The van der Waals surface area contributed by atoms with Crippen molar-refractivity contribution in [3.05, 3.63) is 94.0 Å². The van der Waals surface area contributed by atoms with Crippen molar-refractivity contribution in [3.63, 3.8) is 0 Å². The maximum Gasteiger partial charge on any atom is 0.281 e. The van der Waals surface area contributed by atoms with Crippen LogP contribution in [-0.2, 0) is 13.0 Å². The first-order chi connectivity index (χ1) is 16.7. The van der Waals surface area contributed by atoms with Gasteiger partial charge in [0.2, 0.25) is 10.6 Å². The first-order valence-electron chi connectivity index (χ1n) is 10.7. The molecule has 1 N–H and O–H groups in total. The van der Waals surface area contributed by atoms with E-state index in [1.54, 1.807) is 23.0 Å². The highest BCUT2D eigenvalue weighted by atomic mass is 32.1. The second-order valence-electron chi connectivity index (χ2n) is 7.43. The van der Waals surface area contributed by atoms with Gasteiger partial charge in [-0.15, -0.1) is 10.2 Å². The lowest BCUT2D eigenvalue weighted by molar-refractivity contribution is 0.0997. The van der Waals surface area contributed by atoms with Crippen LogP contribution >= 0.6 is 11.3 Å². The molecule has 5 rings (SSSR count). The molecule has 10 heteroatoms. The maximum absolute atomic E-state index is 12.6. The van der Waals surface area contributed by atoms with Gasteiger partial charge in [0.1, 0.15) is 5.01 Å². The average molecular weight is 469 g/mol. The lowest BCUT2D eigenvalue weighted by atomic mass is 9.98. The Morgan fingerprint density at radius 3 is 2.59 bits per heavy atom. The predicted molar refractivity (Wildman–Crippen MR) is 128 cm³/mol. The second-order valence-corrected chi connectivity index (χ2v) is 8.47. The Morgan fingerprint density at radius 1 is 1.06 bits per heavy atom. The number of aromatic amines is 1. The molecule has 0 spiro atoms. The Bertz CT molecular complexity index is 1470. The predicted octanol–water partition coefficient (Wildman–Crippen LogP) is 3.54. The fourth-order valence-electron chi connectivity index (χ4n) is 3.49. The van der Waals surface area contributed by atoms with Gasteiger partial charge in [-0.2, -0.15) is 15.3 Å². The molecule has 2 aromatic carbocycles. The van der Waals surface area contributed by atoms with Crippen LogP contribution in [0, 0.1) is 0 Å². The van der Waals surface area contributed by atoms with E-state index in [0.29, 0.717) is 22.7 Å². The van der Waals surface area contributed by atoms with Crippen LogP contribution in [0.3, 0.4) is 0 Å². The Balaban J connectivity index is 1.43. The number of carbonyl (C=O) groups is 1. The molecule has 0 aliphatic heterocycles. The van der Waals surface area contributed by atoms with Crippen LogP contribution in [0.1, 0.15) is 27.9 Å². The van der Waals surface area contributed by atoms with Gasteiger partial charge < -0.3 is 0 Å². The summed E-state index contributed by atoms with van der Waals surface area (Å²) >= 11 is 1.42. The van der Waals surface area contributed by atoms with Gasteiger partial charge >= 0.3 is 0 Å². The van der Waals surface area contributed by atoms with Crippen molar-refractivity contribution in [3.8, 4) is 22.5 Å². The summed E-state index contributed by atoms with van der Waals surface area (Å²) in [4.78, 5) is 21.5. The van der Waals surface area contributed by atoms with Gasteiger partial charge in [0.25, 0.3) is 5.91 Å². The number of carbonyl (C=O) groups excluding carboxylic acids is 1. The molecule has 5 aromatic rings. The largest absolute Gasteiger partial charge is 0.281 e. The first-order valence-corrected chi connectivity index (χ1v) is 11.5. The van der Waals surface area contributed by atoms with E-state index in [9.17, 15) is 4.79 Å². The molecule has 0 fully saturated rings. The number of pyridine rings is 1. The Labute approximate surface area is 198 Å². The van der Waals surface area contributed by atoms with Gasteiger partial charge in [-0.1, -0.05) is 66.8 Å². The quantitative estimate of drug-likeness (QED) is 0.408. The number of benzene rings is 2. The van der Waals surface area contributed by atoms with E-state index >= 15 is 0 Å². The van der Waals surface area contributed by atoms with E-state index in [0.717, 1.165) is 33.7 Å². The number of H-pyrrole nitrogens is 1. The molecule has 34 heavy (non-hydrogen) atoms. The number of nitrogens with one attached hydrogen (secondary N) is 1. The zero-order valence-corrected chi connectivity index (χ0v) is 19.1. The van der Waals surface area contributed by atoms with Gasteiger partial charge in [0, 0.05) is 18.0 Å². The van der Waals surface area contributed by atoms with Crippen LogP contribution in [0.2, 0.25) is 0 Å². The first kappa shape index (κ1) is 21.5. The van der Waals surface area contributed by atoms with E-state index in [1.165, 1.54) is 17.5 Å². The van der Waals surface area contributed by atoms with Crippen molar-refractivity contribution in [1.82, 2.24) is 35.4 Å². The van der Waals surface area contributed by atoms with Crippen LogP contribution in [0.4, 0.5) is 0 Å². The molecule has 0 aliphatic rings. The average Bonchev–Trinajstić information content (AvgIpc) is 3.56. The molecule has 0 radical (unpaired) electrons. The summed E-state index contributed by atoms with van der Waals surface area (Å²) < 4.78 is 1.78. The Morgan fingerprint density at radius 2 is 1.88 bits per heavy atom. The van der Waals surface area contributed by atoms with E-state index in [1.807, 2.05) is 43.3 Å². The fraction of sp³-hybridized carbons (Fsp3) is 0.125. The van der Waals surface area contributed by atoms with E-state index in [-0.39, 0.29) is 5.91 Å². The van der Waals surface area contributed by atoms with Crippen molar-refractivity contribution in [2.75, 3.05) is 0 Å². The third-order valence-corrected chi connectivity index (χ3v) is 6.27. The molecule has 3 heterocycles. The third-order valence-electron chi connectivity index (χ3n) is 5.18. The summed E-state index contributed by atoms with van der Waals surface area (Å²) in [6, 6.07) is 19.6. The van der Waals surface area contributed by atoms with Gasteiger partial charge in [-0.25, -0.2) is 4.68 Å².